The lowest BCUT2D eigenvalue weighted by atomic mass is 10.1. The van der Waals surface area contributed by atoms with E-state index < -0.39 is 0 Å². The molecule has 0 spiro atoms. The smallest absolute Gasteiger partial charge is 0.0698 e. The van der Waals surface area contributed by atoms with Gasteiger partial charge in [0.05, 0.1) is 12.2 Å². The highest BCUT2D eigenvalue weighted by atomic mass is 16.5. The van der Waals surface area contributed by atoms with Crippen LogP contribution in [0.5, 0.6) is 0 Å². The number of rotatable bonds is 2. The molecule has 2 aliphatic heterocycles. The number of hydrogen-bond acceptors (Lipinski definition) is 4. The van der Waals surface area contributed by atoms with Gasteiger partial charge in [-0.05, 0) is 52.6 Å². The van der Waals surface area contributed by atoms with Gasteiger partial charge in [0, 0.05) is 26.2 Å². The molecule has 2 saturated heterocycles. The topological polar surface area (TPSA) is 44.7 Å². The number of piperidine rings is 2. The van der Waals surface area contributed by atoms with E-state index in [0.717, 1.165) is 32.5 Å². The third kappa shape index (κ3) is 6.14. The van der Waals surface area contributed by atoms with E-state index in [1.807, 2.05) is 7.11 Å². The Kier molecular flexibility index (Phi) is 7.82. The van der Waals surface area contributed by atoms with Gasteiger partial charge in [-0.2, -0.15) is 0 Å². The second-order valence-electron chi connectivity index (χ2n) is 5.59. The second kappa shape index (κ2) is 8.86. The van der Waals surface area contributed by atoms with Crippen molar-refractivity contribution in [3.05, 3.63) is 0 Å². The average molecular weight is 258 g/mol. The molecule has 108 valence electrons. The molecule has 0 aromatic rings. The SMILES string of the molecule is COC1CCCN(C(C)C)C1.OC1CCCNC1. The van der Waals surface area contributed by atoms with Crippen LogP contribution in [-0.2, 0) is 4.74 Å². The molecule has 2 fully saturated rings. The fourth-order valence-corrected chi connectivity index (χ4v) is 2.46. The summed E-state index contributed by atoms with van der Waals surface area (Å²) >= 11 is 0. The Morgan fingerprint density at radius 1 is 1.28 bits per heavy atom. The van der Waals surface area contributed by atoms with Crippen LogP contribution in [0.1, 0.15) is 39.5 Å². The third-order valence-electron chi connectivity index (χ3n) is 3.74. The van der Waals surface area contributed by atoms with E-state index in [4.69, 9.17) is 9.84 Å². The van der Waals surface area contributed by atoms with E-state index in [2.05, 4.69) is 24.1 Å². The van der Waals surface area contributed by atoms with Crippen molar-refractivity contribution in [1.29, 1.82) is 0 Å². The molecule has 4 heteroatoms. The molecular weight excluding hydrogens is 228 g/mol. The van der Waals surface area contributed by atoms with Crippen LogP contribution in [0.25, 0.3) is 0 Å². The summed E-state index contributed by atoms with van der Waals surface area (Å²) < 4.78 is 5.33. The number of nitrogens with one attached hydrogen (secondary N) is 1. The zero-order valence-corrected chi connectivity index (χ0v) is 12.2. The predicted octanol–water partition coefficient (Wildman–Crippen LogP) is 1.24. The molecule has 0 aromatic carbocycles. The highest BCUT2D eigenvalue weighted by molar-refractivity contribution is 4.74. The maximum absolute atomic E-state index is 8.85. The molecule has 0 aliphatic carbocycles. The molecule has 2 heterocycles. The minimum Gasteiger partial charge on any atom is -0.392 e. The van der Waals surface area contributed by atoms with Crippen molar-refractivity contribution in [3.8, 4) is 0 Å². The van der Waals surface area contributed by atoms with Crippen molar-refractivity contribution in [2.24, 2.45) is 0 Å². The van der Waals surface area contributed by atoms with Gasteiger partial charge in [0.2, 0.25) is 0 Å². The Labute approximate surface area is 112 Å². The summed E-state index contributed by atoms with van der Waals surface area (Å²) in [7, 11) is 1.81. The normalized spacial score (nSPS) is 29.8. The molecule has 2 atom stereocenters. The van der Waals surface area contributed by atoms with Gasteiger partial charge in [0.15, 0.2) is 0 Å². The summed E-state index contributed by atoms with van der Waals surface area (Å²) in [6.45, 7) is 8.73. The van der Waals surface area contributed by atoms with Crippen molar-refractivity contribution < 1.29 is 9.84 Å². The molecule has 2 N–H and O–H groups in total. The maximum atomic E-state index is 8.85. The lowest BCUT2D eigenvalue weighted by molar-refractivity contribution is 0.0203. The molecule has 2 aliphatic rings. The van der Waals surface area contributed by atoms with E-state index in [1.54, 1.807) is 0 Å². The first-order chi connectivity index (χ1) is 8.63. The molecule has 0 aromatic heterocycles. The first-order valence-electron chi connectivity index (χ1n) is 7.29. The largest absolute Gasteiger partial charge is 0.392 e. The van der Waals surface area contributed by atoms with Crippen LogP contribution in [0, 0.1) is 0 Å². The molecular formula is C14H30N2O2. The molecule has 2 unspecified atom stereocenters. The summed E-state index contributed by atoms with van der Waals surface area (Å²) in [5, 5.41) is 11.9. The van der Waals surface area contributed by atoms with Crippen LogP contribution in [0.4, 0.5) is 0 Å². The van der Waals surface area contributed by atoms with Gasteiger partial charge in [-0.1, -0.05) is 0 Å². The van der Waals surface area contributed by atoms with Crippen LogP contribution >= 0.6 is 0 Å². The molecule has 18 heavy (non-hydrogen) atoms. The van der Waals surface area contributed by atoms with Crippen molar-refractivity contribution in [2.45, 2.75) is 57.8 Å². The number of β-amino-alcohol motifs (C(OH)–C–C–N with tert-alkyl or cyclic N) is 1. The maximum Gasteiger partial charge on any atom is 0.0698 e. The second-order valence-corrected chi connectivity index (χ2v) is 5.59. The fraction of sp³-hybridized carbons (Fsp3) is 1.00. The molecule has 0 saturated carbocycles. The van der Waals surface area contributed by atoms with Gasteiger partial charge in [-0.25, -0.2) is 0 Å². The van der Waals surface area contributed by atoms with Gasteiger partial charge in [0.25, 0.3) is 0 Å². The Balaban J connectivity index is 0.000000199. The lowest BCUT2D eigenvalue weighted by Gasteiger charge is -2.34. The van der Waals surface area contributed by atoms with Gasteiger partial charge in [0.1, 0.15) is 0 Å². The number of methoxy groups -OCH3 is 1. The summed E-state index contributed by atoms with van der Waals surface area (Å²) in [6.07, 6.45) is 5.03. The van der Waals surface area contributed by atoms with E-state index in [1.165, 1.54) is 19.4 Å². The first kappa shape index (κ1) is 15.9. The Morgan fingerprint density at radius 2 is 2.06 bits per heavy atom. The Morgan fingerprint density at radius 3 is 2.50 bits per heavy atom. The quantitative estimate of drug-likeness (QED) is 0.782. The van der Waals surface area contributed by atoms with Crippen molar-refractivity contribution >= 4 is 0 Å². The number of likely N-dealkylation sites (tertiary alicyclic amines) is 1. The monoisotopic (exact) mass is 258 g/mol. The molecule has 0 amide bonds. The van der Waals surface area contributed by atoms with E-state index >= 15 is 0 Å². The summed E-state index contributed by atoms with van der Waals surface area (Å²) in [5.41, 5.74) is 0. The van der Waals surface area contributed by atoms with Crippen molar-refractivity contribution in [1.82, 2.24) is 10.2 Å². The summed E-state index contributed by atoms with van der Waals surface area (Å²) in [4.78, 5) is 2.48. The van der Waals surface area contributed by atoms with Crippen molar-refractivity contribution in [2.75, 3.05) is 33.3 Å². The van der Waals surface area contributed by atoms with Crippen LogP contribution < -0.4 is 5.32 Å². The minimum atomic E-state index is -0.0752. The highest BCUT2D eigenvalue weighted by Gasteiger charge is 2.20. The van der Waals surface area contributed by atoms with Crippen LogP contribution in [0.15, 0.2) is 0 Å². The lowest BCUT2D eigenvalue weighted by Crippen LogP contribution is -2.42. The number of aliphatic hydroxyl groups is 1. The molecule has 2 rings (SSSR count). The van der Waals surface area contributed by atoms with Crippen LogP contribution in [-0.4, -0.2) is 61.5 Å². The first-order valence-corrected chi connectivity index (χ1v) is 7.29. The van der Waals surface area contributed by atoms with Gasteiger partial charge < -0.3 is 15.2 Å². The summed E-state index contributed by atoms with van der Waals surface area (Å²) in [6, 6.07) is 0.674. The predicted molar refractivity (Wildman–Crippen MR) is 74.9 cm³/mol. The van der Waals surface area contributed by atoms with E-state index in [9.17, 15) is 0 Å². The fourth-order valence-electron chi connectivity index (χ4n) is 2.46. The standard InChI is InChI=1S/C9H19NO.C5H11NO/c1-8(2)10-6-4-5-9(7-10)11-3;7-5-2-1-3-6-4-5/h8-9H,4-7H2,1-3H3;5-7H,1-4H2. The van der Waals surface area contributed by atoms with Crippen LogP contribution in [0.3, 0.4) is 0 Å². The van der Waals surface area contributed by atoms with Gasteiger partial charge >= 0.3 is 0 Å². The summed E-state index contributed by atoms with van der Waals surface area (Å²) in [5.74, 6) is 0. The number of nitrogens with zero attached hydrogens (tertiary/aromatic N) is 1. The third-order valence-corrected chi connectivity index (χ3v) is 3.74. The zero-order valence-electron chi connectivity index (χ0n) is 12.2. The minimum absolute atomic E-state index is 0.0752. The van der Waals surface area contributed by atoms with Crippen LogP contribution in [0.2, 0.25) is 0 Å². The zero-order chi connectivity index (χ0) is 13.4. The van der Waals surface area contributed by atoms with Crippen molar-refractivity contribution in [3.63, 3.8) is 0 Å². The molecule has 4 nitrogen and oxygen atoms in total. The average Bonchev–Trinajstić information content (AvgIpc) is 2.40. The molecule has 0 radical (unpaired) electrons. The Bertz CT molecular complexity index is 206. The number of aliphatic hydroxyl groups excluding tert-OH is 1. The highest BCUT2D eigenvalue weighted by Crippen LogP contribution is 2.14. The van der Waals surface area contributed by atoms with E-state index in [-0.39, 0.29) is 6.10 Å². The Hall–Kier alpha value is -0.160. The van der Waals surface area contributed by atoms with Gasteiger partial charge in [-0.15, -0.1) is 0 Å². The van der Waals surface area contributed by atoms with Gasteiger partial charge in [-0.3, -0.25) is 4.90 Å². The van der Waals surface area contributed by atoms with E-state index in [0.29, 0.717) is 12.1 Å². The number of hydrogen-bond donors (Lipinski definition) is 2. The molecule has 0 bridgehead atoms. The number of ether oxygens (including phenoxy) is 1.